The van der Waals surface area contributed by atoms with Gasteiger partial charge in [-0.25, -0.2) is 9.97 Å². The highest BCUT2D eigenvalue weighted by atomic mass is 16.3. The summed E-state index contributed by atoms with van der Waals surface area (Å²) in [5.74, 6) is -0.403. The lowest BCUT2D eigenvalue weighted by Crippen LogP contribution is -2.73. The molecule has 26 heavy (non-hydrogen) atoms. The van der Waals surface area contributed by atoms with Gasteiger partial charge in [-0.3, -0.25) is 14.4 Å². The maximum atomic E-state index is 12.6. The van der Waals surface area contributed by atoms with Crippen LogP contribution in [0.5, 0.6) is 0 Å². The average molecular weight is 361 g/mol. The maximum absolute atomic E-state index is 12.6. The summed E-state index contributed by atoms with van der Waals surface area (Å²) in [7, 11) is 0. The topological polar surface area (TPSA) is 116 Å². The fourth-order valence-electron chi connectivity index (χ4n) is 3.77. The first-order valence-electron chi connectivity index (χ1n) is 8.67. The second-order valence-corrected chi connectivity index (χ2v) is 6.86. The number of amides is 3. The summed E-state index contributed by atoms with van der Waals surface area (Å²) in [6.07, 6.45) is 3.60. The number of aliphatic hydroxyl groups is 1. The molecule has 1 spiro atoms. The molecule has 3 amide bonds. The summed E-state index contributed by atoms with van der Waals surface area (Å²) in [5.41, 5.74) is -0.766. The number of aromatic nitrogens is 2. The van der Waals surface area contributed by atoms with E-state index in [4.69, 9.17) is 0 Å². The van der Waals surface area contributed by atoms with Crippen LogP contribution in [0.2, 0.25) is 0 Å². The predicted molar refractivity (Wildman–Crippen MR) is 90.5 cm³/mol. The van der Waals surface area contributed by atoms with Crippen molar-refractivity contribution in [2.45, 2.75) is 44.4 Å². The molecule has 9 heteroatoms. The lowest BCUT2D eigenvalue weighted by Gasteiger charge is -2.50. The molecule has 0 aliphatic carbocycles. The maximum Gasteiger partial charge on any atom is 0.250 e. The van der Waals surface area contributed by atoms with Crippen LogP contribution in [-0.4, -0.2) is 73.9 Å². The fourth-order valence-corrected chi connectivity index (χ4v) is 3.77. The molecule has 1 aromatic rings. The molecule has 0 aromatic carbocycles. The Morgan fingerprint density at radius 3 is 2.65 bits per heavy atom. The molecular weight excluding hydrogens is 338 g/mol. The van der Waals surface area contributed by atoms with Crippen molar-refractivity contribution in [3.63, 3.8) is 0 Å². The Hall–Kier alpha value is -2.55. The van der Waals surface area contributed by atoms with Crippen molar-refractivity contribution in [2.75, 3.05) is 19.6 Å². The van der Waals surface area contributed by atoms with Crippen molar-refractivity contribution < 1.29 is 19.5 Å². The van der Waals surface area contributed by atoms with E-state index < -0.39 is 23.6 Å². The van der Waals surface area contributed by atoms with Gasteiger partial charge in [0, 0.05) is 25.9 Å². The average Bonchev–Trinajstić information content (AvgIpc) is 3.06. The minimum atomic E-state index is -0.886. The third-order valence-electron chi connectivity index (χ3n) is 5.00. The minimum Gasteiger partial charge on any atom is -0.391 e. The number of hydrogen-bond donors (Lipinski definition) is 2. The van der Waals surface area contributed by atoms with Gasteiger partial charge in [-0.05, 0) is 25.8 Å². The predicted octanol–water partition coefficient (Wildman–Crippen LogP) is -0.762. The van der Waals surface area contributed by atoms with Gasteiger partial charge in [0.25, 0.3) is 5.91 Å². The van der Waals surface area contributed by atoms with Gasteiger partial charge in [0.05, 0.1) is 19.2 Å². The van der Waals surface area contributed by atoms with Gasteiger partial charge in [0.1, 0.15) is 11.6 Å². The van der Waals surface area contributed by atoms with Crippen LogP contribution >= 0.6 is 0 Å². The van der Waals surface area contributed by atoms with E-state index >= 15 is 0 Å². The molecule has 2 aliphatic rings. The number of nitrogens with one attached hydrogen (secondary N) is 1. The Morgan fingerprint density at radius 2 is 2.08 bits per heavy atom. The molecule has 2 aliphatic heterocycles. The molecule has 0 radical (unpaired) electrons. The SMILES string of the molecule is CC(=O)N1CCCC12CN(CC(=O)NC(c1ncccn1)C(C)O)C2=O. The van der Waals surface area contributed by atoms with Gasteiger partial charge in [-0.1, -0.05) is 0 Å². The molecule has 2 fully saturated rings. The minimum absolute atomic E-state index is 0.115. The summed E-state index contributed by atoms with van der Waals surface area (Å²) >= 11 is 0. The van der Waals surface area contributed by atoms with E-state index in [1.54, 1.807) is 11.0 Å². The number of rotatable bonds is 5. The molecular formula is C17H23N5O4. The van der Waals surface area contributed by atoms with Crippen molar-refractivity contribution in [3.8, 4) is 0 Å². The van der Waals surface area contributed by atoms with Crippen LogP contribution in [0.4, 0.5) is 0 Å². The molecule has 9 nitrogen and oxygen atoms in total. The summed E-state index contributed by atoms with van der Waals surface area (Å²) in [6, 6.07) is 0.888. The number of hydrogen-bond acceptors (Lipinski definition) is 6. The first-order chi connectivity index (χ1) is 12.3. The Balaban J connectivity index is 1.61. The van der Waals surface area contributed by atoms with Crippen LogP contribution in [0.25, 0.3) is 0 Å². The number of β-lactam (4-membered cyclic amide) rings is 1. The zero-order valence-corrected chi connectivity index (χ0v) is 14.9. The Labute approximate surface area is 151 Å². The molecule has 3 atom stereocenters. The van der Waals surface area contributed by atoms with Crippen LogP contribution in [-0.2, 0) is 14.4 Å². The molecule has 0 saturated carbocycles. The summed E-state index contributed by atoms with van der Waals surface area (Å²) in [6.45, 7) is 3.82. The van der Waals surface area contributed by atoms with E-state index in [9.17, 15) is 19.5 Å². The van der Waals surface area contributed by atoms with Gasteiger partial charge in [-0.2, -0.15) is 0 Å². The van der Waals surface area contributed by atoms with E-state index in [0.29, 0.717) is 25.3 Å². The highest BCUT2D eigenvalue weighted by Gasteiger charge is 2.59. The van der Waals surface area contributed by atoms with Gasteiger partial charge in [0.2, 0.25) is 11.8 Å². The number of carbonyl (C=O) groups is 3. The van der Waals surface area contributed by atoms with Gasteiger partial charge < -0.3 is 20.2 Å². The number of likely N-dealkylation sites (tertiary alicyclic amines) is 2. The van der Waals surface area contributed by atoms with Crippen molar-refractivity contribution >= 4 is 17.7 Å². The Morgan fingerprint density at radius 1 is 1.38 bits per heavy atom. The van der Waals surface area contributed by atoms with Crippen LogP contribution in [0.15, 0.2) is 18.5 Å². The highest BCUT2D eigenvalue weighted by molar-refractivity contribution is 5.99. The first kappa shape index (κ1) is 18.2. The fraction of sp³-hybridized carbons (Fsp3) is 0.588. The van der Waals surface area contributed by atoms with Crippen LogP contribution in [0, 0.1) is 0 Å². The van der Waals surface area contributed by atoms with Crippen LogP contribution in [0.1, 0.15) is 38.6 Å². The molecule has 1 aromatic heterocycles. The van der Waals surface area contributed by atoms with E-state index in [2.05, 4.69) is 15.3 Å². The van der Waals surface area contributed by atoms with E-state index in [0.717, 1.165) is 6.42 Å². The van der Waals surface area contributed by atoms with Gasteiger partial charge >= 0.3 is 0 Å². The van der Waals surface area contributed by atoms with Crippen molar-refractivity contribution in [1.29, 1.82) is 0 Å². The quantitative estimate of drug-likeness (QED) is 0.666. The Kier molecular flexibility index (Phi) is 4.90. The van der Waals surface area contributed by atoms with E-state index in [-0.39, 0.29) is 18.4 Å². The molecule has 140 valence electrons. The molecule has 3 heterocycles. The van der Waals surface area contributed by atoms with Gasteiger partial charge in [-0.15, -0.1) is 0 Å². The summed E-state index contributed by atoms with van der Waals surface area (Å²) < 4.78 is 0. The normalized spacial score (nSPS) is 24.3. The second-order valence-electron chi connectivity index (χ2n) is 6.86. The molecule has 2 saturated heterocycles. The third-order valence-corrected chi connectivity index (χ3v) is 5.00. The molecule has 2 N–H and O–H groups in total. The number of aliphatic hydroxyl groups excluding tert-OH is 1. The van der Waals surface area contributed by atoms with Crippen molar-refractivity contribution in [3.05, 3.63) is 24.3 Å². The standard InChI is InChI=1S/C17H23N5O4/c1-11(23)14(15-18-6-4-7-19-15)20-13(25)9-21-10-17(16(21)26)5-3-8-22(17)12(2)24/h4,6-7,11,14,23H,3,5,8-10H2,1-2H3,(H,20,25). The highest BCUT2D eigenvalue weighted by Crippen LogP contribution is 2.38. The lowest BCUT2D eigenvalue weighted by atomic mass is 9.85. The number of carbonyl (C=O) groups excluding carboxylic acids is 3. The largest absolute Gasteiger partial charge is 0.391 e. The summed E-state index contributed by atoms with van der Waals surface area (Å²) in [4.78, 5) is 47.9. The molecule has 3 rings (SSSR count). The smallest absolute Gasteiger partial charge is 0.250 e. The zero-order valence-electron chi connectivity index (χ0n) is 14.9. The first-order valence-corrected chi connectivity index (χ1v) is 8.67. The third kappa shape index (κ3) is 3.14. The van der Waals surface area contributed by atoms with Crippen LogP contribution in [0.3, 0.4) is 0 Å². The lowest BCUT2D eigenvalue weighted by molar-refractivity contribution is -0.168. The summed E-state index contributed by atoms with van der Waals surface area (Å²) in [5, 5.41) is 12.6. The molecule has 3 unspecified atom stereocenters. The second kappa shape index (κ2) is 6.99. The Bertz CT molecular complexity index is 710. The van der Waals surface area contributed by atoms with E-state index in [1.807, 2.05) is 0 Å². The zero-order chi connectivity index (χ0) is 18.9. The van der Waals surface area contributed by atoms with Crippen LogP contribution < -0.4 is 5.32 Å². The monoisotopic (exact) mass is 361 g/mol. The van der Waals surface area contributed by atoms with Gasteiger partial charge in [0.15, 0.2) is 5.82 Å². The van der Waals surface area contributed by atoms with Crippen molar-refractivity contribution in [1.82, 2.24) is 25.1 Å². The van der Waals surface area contributed by atoms with E-state index in [1.165, 1.54) is 31.1 Å². The molecule has 0 bridgehead atoms. The van der Waals surface area contributed by atoms with Crippen molar-refractivity contribution in [2.24, 2.45) is 0 Å². The number of nitrogens with zero attached hydrogens (tertiary/aromatic N) is 4.